The van der Waals surface area contributed by atoms with E-state index in [1.54, 1.807) is 32.4 Å². The highest BCUT2D eigenvalue weighted by Crippen LogP contribution is 2.39. The molecule has 210 valence electrons. The molecule has 3 rings (SSSR count). The summed E-state index contributed by atoms with van der Waals surface area (Å²) in [6.07, 6.45) is -4.56. The van der Waals surface area contributed by atoms with E-state index in [9.17, 15) is 23.1 Å². The van der Waals surface area contributed by atoms with E-state index in [2.05, 4.69) is 10.0 Å². The summed E-state index contributed by atoms with van der Waals surface area (Å²) < 4.78 is 60.1. The van der Waals surface area contributed by atoms with Crippen LogP contribution >= 0.6 is 11.9 Å². The Kier molecular flexibility index (Phi) is 10.4. The van der Waals surface area contributed by atoms with E-state index < -0.39 is 30.0 Å². The van der Waals surface area contributed by atoms with Crippen molar-refractivity contribution in [2.45, 2.75) is 37.3 Å². The number of rotatable bonds is 12. The molecule has 0 aromatic heterocycles. The lowest BCUT2D eigenvalue weighted by atomic mass is 9.95. The minimum atomic E-state index is -4.56. The molecule has 11 heteroatoms. The summed E-state index contributed by atoms with van der Waals surface area (Å²) in [5.74, 6) is -0.0000838. The number of carbonyl (C=O) groups excluding carboxylic acids is 1. The van der Waals surface area contributed by atoms with Gasteiger partial charge in [-0.2, -0.15) is 13.2 Å². The van der Waals surface area contributed by atoms with E-state index in [4.69, 9.17) is 14.2 Å². The van der Waals surface area contributed by atoms with Crippen molar-refractivity contribution in [3.8, 4) is 16.9 Å². The third-order valence-corrected chi connectivity index (χ3v) is 6.87. The van der Waals surface area contributed by atoms with Crippen LogP contribution in [0, 0.1) is 0 Å². The molecule has 0 saturated carbocycles. The molecule has 0 fully saturated rings. The van der Waals surface area contributed by atoms with E-state index in [0.717, 1.165) is 11.0 Å². The Morgan fingerprint density at radius 2 is 1.72 bits per heavy atom. The molecule has 0 atom stereocenters. The fraction of sp³-hybridized carbons (Fsp3) is 0.321. The van der Waals surface area contributed by atoms with Gasteiger partial charge in [0.05, 0.1) is 23.7 Å². The number of amides is 1. The van der Waals surface area contributed by atoms with E-state index in [1.807, 2.05) is 13.8 Å². The molecule has 1 amide bonds. The van der Waals surface area contributed by atoms with E-state index in [0.29, 0.717) is 23.6 Å². The third kappa shape index (κ3) is 8.20. The lowest BCUT2D eigenvalue weighted by molar-refractivity contribution is -0.137. The number of anilines is 1. The second kappa shape index (κ2) is 13.3. The summed E-state index contributed by atoms with van der Waals surface area (Å²) in [7, 11) is 3.14. The highest BCUT2D eigenvalue weighted by atomic mass is 32.2. The second-order valence-electron chi connectivity index (χ2n) is 8.95. The summed E-state index contributed by atoms with van der Waals surface area (Å²) in [4.78, 5) is 13.8. The van der Waals surface area contributed by atoms with Crippen LogP contribution in [-0.4, -0.2) is 44.2 Å². The quantitative estimate of drug-likeness (QED) is 0.139. The molecule has 0 unspecified atom stereocenters. The van der Waals surface area contributed by atoms with Crippen LogP contribution in [0.25, 0.3) is 11.1 Å². The van der Waals surface area contributed by atoms with Gasteiger partial charge in [-0.1, -0.05) is 24.3 Å². The Morgan fingerprint density at radius 1 is 0.974 bits per heavy atom. The predicted octanol–water partition coefficient (Wildman–Crippen LogP) is 6.12. The van der Waals surface area contributed by atoms with Crippen molar-refractivity contribution in [3.63, 3.8) is 0 Å². The van der Waals surface area contributed by atoms with Gasteiger partial charge >= 0.3 is 6.18 Å². The Morgan fingerprint density at radius 3 is 2.38 bits per heavy atom. The van der Waals surface area contributed by atoms with E-state index in [-0.39, 0.29) is 23.3 Å². The van der Waals surface area contributed by atoms with Gasteiger partial charge in [0.2, 0.25) is 0 Å². The van der Waals surface area contributed by atoms with Crippen molar-refractivity contribution in [2.24, 2.45) is 0 Å². The number of alkyl halides is 3. The third-order valence-electron chi connectivity index (χ3n) is 5.72. The van der Waals surface area contributed by atoms with Crippen LogP contribution < -0.4 is 14.8 Å². The molecule has 0 heterocycles. The number of aliphatic hydroxyl groups is 1. The highest BCUT2D eigenvalue weighted by Gasteiger charge is 2.33. The van der Waals surface area contributed by atoms with Crippen LogP contribution in [0.1, 0.15) is 35.3 Å². The topological polar surface area (TPSA) is 89.1 Å². The van der Waals surface area contributed by atoms with Crippen molar-refractivity contribution < 1.29 is 37.3 Å². The molecule has 0 radical (unpaired) electrons. The zero-order valence-electron chi connectivity index (χ0n) is 22.0. The first-order valence-electron chi connectivity index (χ1n) is 12.0. The van der Waals surface area contributed by atoms with Gasteiger partial charge in [0, 0.05) is 25.5 Å². The molecular weight excluding hydrogens is 533 g/mol. The number of ether oxygens (including phenoxy) is 3. The van der Waals surface area contributed by atoms with Crippen LogP contribution in [0.4, 0.5) is 18.9 Å². The second-order valence-corrected chi connectivity index (χ2v) is 9.80. The first-order valence-corrected chi connectivity index (χ1v) is 12.8. The number of hydrogen-bond donors (Lipinski definition) is 3. The van der Waals surface area contributed by atoms with Gasteiger partial charge in [0.1, 0.15) is 18.1 Å². The molecule has 39 heavy (non-hydrogen) atoms. The maximum absolute atomic E-state index is 13.5. The smallest absolute Gasteiger partial charge is 0.417 e. The van der Waals surface area contributed by atoms with Gasteiger partial charge in [-0.3, -0.25) is 4.79 Å². The van der Waals surface area contributed by atoms with Gasteiger partial charge in [0.25, 0.3) is 5.91 Å². The van der Waals surface area contributed by atoms with E-state index in [1.165, 1.54) is 48.3 Å². The van der Waals surface area contributed by atoms with E-state index >= 15 is 0 Å². The summed E-state index contributed by atoms with van der Waals surface area (Å²) in [6.45, 7) is 3.83. The Bertz CT molecular complexity index is 1280. The number of halogens is 3. The van der Waals surface area contributed by atoms with Crippen molar-refractivity contribution in [2.75, 3.05) is 32.8 Å². The molecule has 0 saturated heterocycles. The monoisotopic (exact) mass is 564 g/mol. The Hall–Kier alpha value is -3.09. The summed E-state index contributed by atoms with van der Waals surface area (Å²) in [6, 6.07) is 14.5. The summed E-state index contributed by atoms with van der Waals surface area (Å²) in [5.41, 5.74) is -0.378. The van der Waals surface area contributed by atoms with Crippen LogP contribution in [0.3, 0.4) is 0 Å². The van der Waals surface area contributed by atoms with Crippen molar-refractivity contribution in [3.05, 3.63) is 77.4 Å². The first kappa shape index (κ1) is 30.5. The van der Waals surface area contributed by atoms with Crippen LogP contribution in [-0.2, 0) is 22.3 Å². The zero-order valence-corrected chi connectivity index (χ0v) is 22.8. The first-order chi connectivity index (χ1) is 18.5. The van der Waals surface area contributed by atoms with Crippen molar-refractivity contribution in [1.29, 1.82) is 0 Å². The number of benzene rings is 3. The number of hydrogen-bond acceptors (Lipinski definition) is 7. The molecular formula is C28H31F3N2O5S. The van der Waals surface area contributed by atoms with Gasteiger partial charge in [-0.05, 0) is 78.9 Å². The number of nitrogens with one attached hydrogen (secondary N) is 2. The Labute approximate surface area is 229 Å². The predicted molar refractivity (Wildman–Crippen MR) is 145 cm³/mol. The lowest BCUT2D eigenvalue weighted by Crippen LogP contribution is -2.36. The highest BCUT2D eigenvalue weighted by molar-refractivity contribution is 7.97. The SMILES string of the molecule is COCCOc1cc(C(=O)Nc2ccc(-c3ccccc3C(F)(F)F)c(CO)c2)ccc1SNC(C)(C)OC. The van der Waals surface area contributed by atoms with Gasteiger partial charge in [-0.15, -0.1) is 0 Å². The minimum Gasteiger partial charge on any atom is -0.490 e. The molecule has 0 aliphatic rings. The normalized spacial score (nSPS) is 11.9. The van der Waals surface area contributed by atoms with Crippen molar-refractivity contribution in [1.82, 2.24) is 4.72 Å². The molecule has 0 aliphatic carbocycles. The number of methoxy groups -OCH3 is 2. The number of aliphatic hydroxyl groups excluding tert-OH is 1. The average molecular weight is 565 g/mol. The lowest BCUT2D eigenvalue weighted by Gasteiger charge is -2.24. The number of carbonyl (C=O) groups is 1. The van der Waals surface area contributed by atoms with Crippen molar-refractivity contribution >= 4 is 23.5 Å². The molecule has 3 aromatic rings. The van der Waals surface area contributed by atoms with Crippen LogP contribution in [0.15, 0.2) is 65.6 Å². The van der Waals surface area contributed by atoms with Gasteiger partial charge in [-0.25, -0.2) is 4.72 Å². The molecule has 3 aromatic carbocycles. The molecule has 0 bridgehead atoms. The summed E-state index contributed by atoms with van der Waals surface area (Å²) in [5, 5.41) is 12.6. The van der Waals surface area contributed by atoms with Gasteiger partial charge in [0.15, 0.2) is 0 Å². The molecule has 7 nitrogen and oxygen atoms in total. The average Bonchev–Trinajstić information content (AvgIpc) is 2.91. The largest absolute Gasteiger partial charge is 0.490 e. The molecule has 3 N–H and O–H groups in total. The Balaban J connectivity index is 1.85. The maximum atomic E-state index is 13.5. The van der Waals surface area contributed by atoms with Crippen LogP contribution in [0.2, 0.25) is 0 Å². The van der Waals surface area contributed by atoms with Crippen LogP contribution in [0.5, 0.6) is 5.75 Å². The maximum Gasteiger partial charge on any atom is 0.417 e. The fourth-order valence-corrected chi connectivity index (χ4v) is 4.33. The fourth-order valence-electron chi connectivity index (χ4n) is 3.53. The molecule has 0 aliphatic heterocycles. The van der Waals surface area contributed by atoms with Gasteiger partial charge < -0.3 is 24.6 Å². The molecule has 0 spiro atoms. The summed E-state index contributed by atoms with van der Waals surface area (Å²) >= 11 is 1.29. The zero-order chi connectivity index (χ0) is 28.6. The standard InChI is InChI=1S/C28H31F3N2O5S/c1-27(2,37-4)33-39-25-12-9-18(16-24(25)38-14-13-36-3)26(35)32-20-10-11-21(19(15-20)17-34)22-7-5-6-8-23(22)28(29,30)31/h5-12,15-16,33-34H,13-14,17H2,1-4H3,(H,32,35). The minimum absolute atomic E-state index is 0.0527.